The summed E-state index contributed by atoms with van der Waals surface area (Å²) in [6.07, 6.45) is 0.551. The van der Waals surface area contributed by atoms with E-state index in [0.717, 1.165) is 0 Å². The highest BCUT2D eigenvalue weighted by Crippen LogP contribution is 2.28. The van der Waals surface area contributed by atoms with E-state index in [1.54, 1.807) is 7.11 Å². The highest BCUT2D eigenvalue weighted by Gasteiger charge is 2.31. The van der Waals surface area contributed by atoms with Crippen molar-refractivity contribution in [2.45, 2.75) is 18.6 Å². The molecule has 1 heterocycles. The average Bonchev–Trinajstić information content (AvgIpc) is 2.87. The highest BCUT2D eigenvalue weighted by atomic mass is 35.5. The fourth-order valence-corrected chi connectivity index (χ4v) is 2.01. The standard InChI is InChI=1S/C13H17NO4.ClH/c1-16-11-5-3-4-6-12(11)18-9-7-10(14-8-9)13(15)17-2;/h3-6,9-10,14H,7-8H2,1-2H3;1H/t9-,10-;/m0./s1. The number of carbonyl (C=O) groups is 1. The van der Waals surface area contributed by atoms with Crippen molar-refractivity contribution in [1.82, 2.24) is 5.32 Å². The van der Waals surface area contributed by atoms with Crippen molar-refractivity contribution in [2.24, 2.45) is 0 Å². The van der Waals surface area contributed by atoms with Gasteiger partial charge in [-0.15, -0.1) is 12.4 Å². The molecular weight excluding hydrogens is 270 g/mol. The maximum Gasteiger partial charge on any atom is 0.323 e. The molecule has 5 nitrogen and oxygen atoms in total. The van der Waals surface area contributed by atoms with Gasteiger partial charge in [0.05, 0.1) is 14.2 Å². The third-order valence-corrected chi connectivity index (χ3v) is 2.94. The number of halogens is 1. The van der Waals surface area contributed by atoms with Gasteiger partial charge in [-0.3, -0.25) is 4.79 Å². The Balaban J connectivity index is 0.00000180. The lowest BCUT2D eigenvalue weighted by Gasteiger charge is -2.15. The van der Waals surface area contributed by atoms with Crippen LogP contribution in [0.1, 0.15) is 6.42 Å². The third-order valence-electron chi connectivity index (χ3n) is 2.94. The molecule has 2 atom stereocenters. The van der Waals surface area contributed by atoms with Crippen LogP contribution in [0.2, 0.25) is 0 Å². The van der Waals surface area contributed by atoms with Gasteiger partial charge >= 0.3 is 5.97 Å². The Morgan fingerprint density at radius 2 is 1.95 bits per heavy atom. The quantitative estimate of drug-likeness (QED) is 0.849. The Labute approximate surface area is 118 Å². The van der Waals surface area contributed by atoms with Crippen molar-refractivity contribution in [3.05, 3.63) is 24.3 Å². The summed E-state index contributed by atoms with van der Waals surface area (Å²) in [5, 5.41) is 3.07. The zero-order valence-electron chi connectivity index (χ0n) is 10.9. The molecule has 0 spiro atoms. The molecule has 1 saturated heterocycles. The number of hydrogen-bond donors (Lipinski definition) is 1. The van der Waals surface area contributed by atoms with Gasteiger partial charge in [0, 0.05) is 13.0 Å². The first-order chi connectivity index (χ1) is 8.74. The topological polar surface area (TPSA) is 56.8 Å². The summed E-state index contributed by atoms with van der Waals surface area (Å²) in [5.74, 6) is 1.14. The molecule has 0 amide bonds. The Bertz CT molecular complexity index is 427. The molecule has 1 aromatic rings. The molecule has 19 heavy (non-hydrogen) atoms. The third kappa shape index (κ3) is 3.75. The predicted molar refractivity (Wildman–Crippen MR) is 73.1 cm³/mol. The van der Waals surface area contributed by atoms with E-state index in [4.69, 9.17) is 14.2 Å². The van der Waals surface area contributed by atoms with Crippen LogP contribution in [0.3, 0.4) is 0 Å². The molecule has 1 aliphatic rings. The fraction of sp³-hybridized carbons (Fsp3) is 0.462. The smallest absolute Gasteiger partial charge is 0.323 e. The number of carbonyl (C=O) groups excluding carboxylic acids is 1. The van der Waals surface area contributed by atoms with Crippen LogP contribution in [0.15, 0.2) is 24.3 Å². The summed E-state index contributed by atoms with van der Waals surface area (Å²) in [6.45, 7) is 0.623. The second-order valence-electron chi connectivity index (χ2n) is 4.11. The number of nitrogens with one attached hydrogen (secondary N) is 1. The van der Waals surface area contributed by atoms with E-state index in [2.05, 4.69) is 5.32 Å². The average molecular weight is 288 g/mol. The van der Waals surface area contributed by atoms with Crippen molar-refractivity contribution < 1.29 is 19.0 Å². The van der Waals surface area contributed by atoms with E-state index < -0.39 is 0 Å². The lowest BCUT2D eigenvalue weighted by molar-refractivity contribution is -0.142. The Morgan fingerprint density at radius 1 is 1.26 bits per heavy atom. The molecular formula is C13H18ClNO4. The van der Waals surface area contributed by atoms with Gasteiger partial charge < -0.3 is 19.5 Å². The SMILES string of the molecule is COC(=O)[C@@H]1C[C@H](Oc2ccccc2OC)CN1.Cl. The molecule has 1 N–H and O–H groups in total. The van der Waals surface area contributed by atoms with Gasteiger partial charge in [0.15, 0.2) is 11.5 Å². The number of ether oxygens (including phenoxy) is 3. The van der Waals surface area contributed by atoms with E-state index >= 15 is 0 Å². The highest BCUT2D eigenvalue weighted by molar-refractivity contribution is 5.85. The van der Waals surface area contributed by atoms with Gasteiger partial charge in [-0.05, 0) is 12.1 Å². The number of benzene rings is 1. The largest absolute Gasteiger partial charge is 0.493 e. The van der Waals surface area contributed by atoms with Crippen LogP contribution in [0, 0.1) is 0 Å². The van der Waals surface area contributed by atoms with E-state index in [9.17, 15) is 4.79 Å². The molecule has 0 unspecified atom stereocenters. The molecule has 6 heteroatoms. The van der Waals surface area contributed by atoms with E-state index in [1.807, 2.05) is 24.3 Å². The van der Waals surface area contributed by atoms with Gasteiger partial charge in [0.2, 0.25) is 0 Å². The molecule has 0 aliphatic carbocycles. The van der Waals surface area contributed by atoms with Crippen LogP contribution in [0.25, 0.3) is 0 Å². The molecule has 0 radical (unpaired) electrons. The van der Waals surface area contributed by atoms with Crippen LogP contribution in [-0.2, 0) is 9.53 Å². The van der Waals surface area contributed by atoms with Crippen molar-refractivity contribution in [3.8, 4) is 11.5 Å². The van der Waals surface area contributed by atoms with Crippen molar-refractivity contribution in [1.29, 1.82) is 0 Å². The van der Waals surface area contributed by atoms with Gasteiger partial charge in [0.1, 0.15) is 12.1 Å². The lowest BCUT2D eigenvalue weighted by Crippen LogP contribution is -2.31. The van der Waals surface area contributed by atoms with Crippen LogP contribution in [-0.4, -0.2) is 38.9 Å². The minimum atomic E-state index is -0.283. The lowest BCUT2D eigenvalue weighted by atomic mass is 10.2. The molecule has 1 fully saturated rings. The summed E-state index contributed by atoms with van der Waals surface area (Å²) in [5.41, 5.74) is 0. The van der Waals surface area contributed by atoms with E-state index in [-0.39, 0.29) is 30.5 Å². The minimum Gasteiger partial charge on any atom is -0.493 e. The maximum atomic E-state index is 11.4. The molecule has 0 saturated carbocycles. The molecule has 0 aromatic heterocycles. The van der Waals surface area contributed by atoms with E-state index in [1.165, 1.54) is 7.11 Å². The minimum absolute atomic E-state index is 0. The Morgan fingerprint density at radius 3 is 2.58 bits per heavy atom. The number of rotatable bonds is 4. The number of esters is 1. The van der Waals surface area contributed by atoms with Crippen LogP contribution >= 0.6 is 12.4 Å². The number of methoxy groups -OCH3 is 2. The summed E-state index contributed by atoms with van der Waals surface area (Å²) < 4.78 is 15.7. The van der Waals surface area contributed by atoms with Gasteiger partial charge in [-0.2, -0.15) is 0 Å². The fourth-order valence-electron chi connectivity index (χ4n) is 2.01. The number of para-hydroxylation sites is 2. The first-order valence-corrected chi connectivity index (χ1v) is 5.85. The predicted octanol–water partition coefficient (Wildman–Crippen LogP) is 1.40. The van der Waals surface area contributed by atoms with Gasteiger partial charge in [0.25, 0.3) is 0 Å². The normalized spacial score (nSPS) is 21.4. The summed E-state index contributed by atoms with van der Waals surface area (Å²) in [6, 6.07) is 7.18. The molecule has 2 rings (SSSR count). The first kappa shape index (κ1) is 15.6. The van der Waals surface area contributed by atoms with Crippen LogP contribution < -0.4 is 14.8 Å². The monoisotopic (exact) mass is 287 g/mol. The Hall–Kier alpha value is -1.46. The van der Waals surface area contributed by atoms with E-state index in [0.29, 0.717) is 24.5 Å². The molecule has 0 bridgehead atoms. The van der Waals surface area contributed by atoms with Crippen molar-refractivity contribution >= 4 is 18.4 Å². The van der Waals surface area contributed by atoms with Crippen LogP contribution in [0.5, 0.6) is 11.5 Å². The van der Waals surface area contributed by atoms with Crippen LogP contribution in [0.4, 0.5) is 0 Å². The zero-order valence-corrected chi connectivity index (χ0v) is 11.7. The van der Waals surface area contributed by atoms with Gasteiger partial charge in [-0.25, -0.2) is 0 Å². The molecule has 1 aromatic carbocycles. The molecule has 1 aliphatic heterocycles. The first-order valence-electron chi connectivity index (χ1n) is 5.85. The molecule has 106 valence electrons. The maximum absolute atomic E-state index is 11.4. The summed E-state index contributed by atoms with van der Waals surface area (Å²) in [4.78, 5) is 11.4. The van der Waals surface area contributed by atoms with Crippen molar-refractivity contribution in [2.75, 3.05) is 20.8 Å². The second kappa shape index (κ2) is 7.21. The second-order valence-corrected chi connectivity index (χ2v) is 4.11. The summed E-state index contributed by atoms with van der Waals surface area (Å²) in [7, 11) is 2.99. The zero-order chi connectivity index (χ0) is 13.0. The number of hydrogen-bond acceptors (Lipinski definition) is 5. The van der Waals surface area contributed by atoms with Crippen molar-refractivity contribution in [3.63, 3.8) is 0 Å². The van der Waals surface area contributed by atoms with Gasteiger partial charge in [-0.1, -0.05) is 12.1 Å². The Kier molecular flexibility index (Phi) is 5.92. The summed E-state index contributed by atoms with van der Waals surface area (Å²) >= 11 is 0.